The third-order valence-electron chi connectivity index (χ3n) is 2.60. The van der Waals surface area contributed by atoms with Crippen LogP contribution in [-0.4, -0.2) is 22.2 Å². The van der Waals surface area contributed by atoms with Crippen LogP contribution in [0.2, 0.25) is 0 Å². The summed E-state index contributed by atoms with van der Waals surface area (Å²) in [6.45, 7) is 1.68. The number of pyridine rings is 1. The van der Waals surface area contributed by atoms with Gasteiger partial charge >= 0.3 is 0 Å². The maximum atomic E-state index is 11.0. The molecule has 0 radical (unpaired) electrons. The summed E-state index contributed by atoms with van der Waals surface area (Å²) in [7, 11) is 0. The Morgan fingerprint density at radius 3 is 2.78 bits per heavy atom. The zero-order valence-corrected chi connectivity index (χ0v) is 12.8. The molecule has 4 nitrogen and oxygen atoms in total. The maximum Gasteiger partial charge on any atom is 0.237 e. The number of hydrogen-bond acceptors (Lipinski definition) is 4. The number of thioether (sulfide) groups is 1. The third kappa shape index (κ3) is 5.37. The largest absolute Gasteiger partial charge is 0.368 e. The Morgan fingerprint density at radius 2 is 2.22 bits per heavy atom. The normalized spacial score (nSPS) is 14.2. The van der Waals surface area contributed by atoms with Gasteiger partial charge in [-0.2, -0.15) is 0 Å². The van der Waals surface area contributed by atoms with Gasteiger partial charge in [-0.05, 0) is 53.6 Å². The van der Waals surface area contributed by atoms with Gasteiger partial charge in [-0.15, -0.1) is 11.8 Å². The van der Waals surface area contributed by atoms with E-state index in [2.05, 4.69) is 20.9 Å². The fourth-order valence-corrected chi connectivity index (χ4v) is 2.43. The van der Waals surface area contributed by atoms with Gasteiger partial charge in [0.05, 0.1) is 10.6 Å². The Balaban J connectivity index is 2.20. The first-order valence-electron chi connectivity index (χ1n) is 5.75. The van der Waals surface area contributed by atoms with Crippen LogP contribution >= 0.6 is 27.7 Å². The summed E-state index contributed by atoms with van der Waals surface area (Å²) in [5.41, 5.74) is 10.1. The molecule has 100 valence electrons. The number of aromatic nitrogens is 1. The fraction of sp³-hybridized carbons (Fsp3) is 0.500. The van der Waals surface area contributed by atoms with Crippen LogP contribution in [0.4, 0.5) is 0 Å². The molecule has 0 spiro atoms. The second kappa shape index (κ2) is 7.11. The first-order valence-corrected chi connectivity index (χ1v) is 7.53. The van der Waals surface area contributed by atoms with Crippen molar-refractivity contribution in [3.8, 4) is 0 Å². The molecule has 0 bridgehead atoms. The van der Waals surface area contributed by atoms with Crippen LogP contribution in [0.25, 0.3) is 0 Å². The van der Waals surface area contributed by atoms with Crippen molar-refractivity contribution in [2.24, 2.45) is 11.5 Å². The van der Waals surface area contributed by atoms with E-state index in [0.29, 0.717) is 6.42 Å². The Hall–Kier alpha value is -0.590. The van der Waals surface area contributed by atoms with E-state index < -0.39 is 11.4 Å². The smallest absolute Gasteiger partial charge is 0.237 e. The van der Waals surface area contributed by atoms with E-state index in [0.717, 1.165) is 28.1 Å². The maximum absolute atomic E-state index is 11.0. The van der Waals surface area contributed by atoms with E-state index in [1.807, 2.05) is 12.1 Å². The highest BCUT2D eigenvalue weighted by atomic mass is 79.9. The molecule has 0 saturated carbocycles. The monoisotopic (exact) mass is 331 g/mol. The molecule has 4 N–H and O–H groups in total. The van der Waals surface area contributed by atoms with Crippen molar-refractivity contribution in [3.05, 3.63) is 22.8 Å². The highest BCUT2D eigenvalue weighted by molar-refractivity contribution is 9.10. The van der Waals surface area contributed by atoms with Gasteiger partial charge in [0.25, 0.3) is 0 Å². The van der Waals surface area contributed by atoms with Crippen LogP contribution in [0.15, 0.2) is 27.8 Å². The van der Waals surface area contributed by atoms with Crippen molar-refractivity contribution in [1.82, 2.24) is 4.98 Å². The number of nitrogens with two attached hydrogens (primary N) is 2. The number of amides is 1. The van der Waals surface area contributed by atoms with Gasteiger partial charge in [0.1, 0.15) is 0 Å². The first kappa shape index (κ1) is 15.5. The second-order valence-corrected chi connectivity index (χ2v) is 6.43. The molecule has 0 aromatic carbocycles. The minimum absolute atomic E-state index is 0.440. The lowest BCUT2D eigenvalue weighted by molar-refractivity contribution is -0.122. The van der Waals surface area contributed by atoms with Gasteiger partial charge < -0.3 is 11.5 Å². The molecule has 6 heteroatoms. The molecule has 1 aromatic heterocycles. The number of carbonyl (C=O) groups is 1. The van der Waals surface area contributed by atoms with Crippen molar-refractivity contribution in [3.63, 3.8) is 0 Å². The standard InChI is InChI=1S/C12H18BrN3OS/c1-12(15,11(14)17)6-2-3-7-18-10-5-4-9(13)8-16-10/h4-5,8H,2-3,6-7,15H2,1H3,(H2,14,17). The predicted molar refractivity (Wildman–Crippen MR) is 78.3 cm³/mol. The molecule has 18 heavy (non-hydrogen) atoms. The minimum Gasteiger partial charge on any atom is -0.368 e. The van der Waals surface area contributed by atoms with Crippen molar-refractivity contribution in [2.45, 2.75) is 36.8 Å². The quantitative estimate of drug-likeness (QED) is 0.593. The number of hydrogen-bond donors (Lipinski definition) is 2. The fourth-order valence-electron chi connectivity index (χ4n) is 1.34. The van der Waals surface area contributed by atoms with Gasteiger partial charge in [-0.3, -0.25) is 4.79 Å². The molecule has 0 aliphatic heterocycles. The molecule has 1 unspecified atom stereocenters. The van der Waals surface area contributed by atoms with E-state index in [9.17, 15) is 4.79 Å². The number of primary amides is 1. The second-order valence-electron chi connectivity index (χ2n) is 4.40. The van der Waals surface area contributed by atoms with Crippen LogP contribution in [0.3, 0.4) is 0 Å². The number of halogens is 1. The summed E-state index contributed by atoms with van der Waals surface area (Å²) in [5, 5.41) is 1.00. The molecule has 0 saturated heterocycles. The summed E-state index contributed by atoms with van der Waals surface area (Å²) in [5.74, 6) is 0.522. The van der Waals surface area contributed by atoms with Crippen LogP contribution in [0, 0.1) is 0 Å². The Bertz CT molecular complexity index is 395. The SMILES string of the molecule is CC(N)(CCCCSc1ccc(Br)cn1)C(N)=O. The van der Waals surface area contributed by atoms with E-state index in [-0.39, 0.29) is 0 Å². The van der Waals surface area contributed by atoms with E-state index in [4.69, 9.17) is 11.5 Å². The Morgan fingerprint density at radius 1 is 1.50 bits per heavy atom. The van der Waals surface area contributed by atoms with Gasteiger partial charge in [0, 0.05) is 10.7 Å². The molecule has 1 aromatic rings. The summed E-state index contributed by atoms with van der Waals surface area (Å²) < 4.78 is 0.979. The number of nitrogens with zero attached hydrogens (tertiary/aromatic N) is 1. The number of carbonyl (C=O) groups excluding carboxylic acids is 1. The number of unbranched alkanes of at least 4 members (excludes halogenated alkanes) is 1. The summed E-state index contributed by atoms with van der Waals surface area (Å²) in [4.78, 5) is 15.3. The molecular weight excluding hydrogens is 314 g/mol. The summed E-state index contributed by atoms with van der Waals surface area (Å²) in [6.07, 6.45) is 4.28. The average Bonchev–Trinajstić information content (AvgIpc) is 2.31. The zero-order valence-electron chi connectivity index (χ0n) is 10.4. The van der Waals surface area contributed by atoms with Crippen molar-refractivity contribution in [1.29, 1.82) is 0 Å². The summed E-state index contributed by atoms with van der Waals surface area (Å²) in [6, 6.07) is 3.95. The molecule has 0 aliphatic rings. The lowest BCUT2D eigenvalue weighted by Gasteiger charge is -2.19. The molecule has 0 fully saturated rings. The molecular formula is C12H18BrN3OS. The summed E-state index contributed by atoms with van der Waals surface area (Å²) >= 11 is 5.04. The van der Waals surface area contributed by atoms with Gasteiger partial charge in [-0.1, -0.05) is 6.42 Å². The van der Waals surface area contributed by atoms with Gasteiger partial charge in [0.2, 0.25) is 5.91 Å². The van der Waals surface area contributed by atoms with Gasteiger partial charge in [0.15, 0.2) is 0 Å². The number of rotatable bonds is 7. The van der Waals surface area contributed by atoms with Crippen molar-refractivity contribution >= 4 is 33.6 Å². The molecule has 1 heterocycles. The lowest BCUT2D eigenvalue weighted by atomic mass is 9.96. The third-order valence-corrected chi connectivity index (χ3v) is 4.10. The van der Waals surface area contributed by atoms with Crippen LogP contribution < -0.4 is 11.5 Å². The van der Waals surface area contributed by atoms with Crippen LogP contribution in [0.1, 0.15) is 26.2 Å². The zero-order chi connectivity index (χ0) is 13.6. The highest BCUT2D eigenvalue weighted by Gasteiger charge is 2.24. The van der Waals surface area contributed by atoms with E-state index >= 15 is 0 Å². The highest BCUT2D eigenvalue weighted by Crippen LogP contribution is 2.20. The van der Waals surface area contributed by atoms with E-state index in [1.54, 1.807) is 24.9 Å². The van der Waals surface area contributed by atoms with Crippen molar-refractivity contribution in [2.75, 3.05) is 5.75 Å². The lowest BCUT2D eigenvalue weighted by Crippen LogP contribution is -2.49. The van der Waals surface area contributed by atoms with Crippen molar-refractivity contribution < 1.29 is 4.79 Å². The average molecular weight is 332 g/mol. The van der Waals surface area contributed by atoms with Gasteiger partial charge in [-0.25, -0.2) is 4.98 Å². The molecule has 1 rings (SSSR count). The molecule has 1 atom stereocenters. The molecule has 0 aliphatic carbocycles. The molecule has 1 amide bonds. The topological polar surface area (TPSA) is 82.0 Å². The Labute approximate surface area is 120 Å². The van der Waals surface area contributed by atoms with Crippen LogP contribution in [-0.2, 0) is 4.79 Å². The predicted octanol–water partition coefficient (Wildman–Crippen LogP) is 2.31. The first-order chi connectivity index (χ1) is 8.42. The Kier molecular flexibility index (Phi) is 6.11. The van der Waals surface area contributed by atoms with E-state index in [1.165, 1.54) is 0 Å². The van der Waals surface area contributed by atoms with Crippen LogP contribution in [0.5, 0.6) is 0 Å². The minimum atomic E-state index is -0.888.